The molecule has 4 heteroatoms. The molecule has 0 saturated heterocycles. The van der Waals surface area contributed by atoms with Crippen molar-refractivity contribution in [2.45, 2.75) is 26.4 Å². The fourth-order valence-electron chi connectivity index (χ4n) is 1.07. The molecule has 0 radical (unpaired) electrons. The van der Waals surface area contributed by atoms with Crippen LogP contribution in [0, 0.1) is 0 Å². The maximum absolute atomic E-state index is 3.53. The molecule has 1 nitrogen and oxygen atoms in total. The molecule has 0 aromatic carbocycles. The average molecular weight is 294 g/mol. The predicted octanol–water partition coefficient (Wildman–Crippen LogP) is 3.74. The Hall–Kier alpha value is 0.490. The number of thiophene rings is 1. The van der Waals surface area contributed by atoms with Gasteiger partial charge in [-0.25, -0.2) is 0 Å². The Kier molecular flexibility index (Phi) is 6.17. The van der Waals surface area contributed by atoms with Crippen LogP contribution >= 0.6 is 39.0 Å². The Labute approximate surface area is 103 Å². The van der Waals surface area contributed by atoms with Gasteiger partial charge < -0.3 is 5.32 Å². The second-order valence-corrected chi connectivity index (χ2v) is 6.31. The summed E-state index contributed by atoms with van der Waals surface area (Å²) in [6.45, 7) is 5.42. The maximum atomic E-state index is 3.53. The molecule has 0 bridgehead atoms. The van der Waals surface area contributed by atoms with Crippen molar-refractivity contribution in [3.8, 4) is 0 Å². The van der Waals surface area contributed by atoms with Crippen LogP contribution in [0.5, 0.6) is 0 Å². The van der Waals surface area contributed by atoms with Gasteiger partial charge in [-0.3, -0.25) is 0 Å². The second-order valence-electron chi connectivity index (χ2n) is 3.13. The van der Waals surface area contributed by atoms with Crippen molar-refractivity contribution >= 4 is 39.0 Å². The van der Waals surface area contributed by atoms with Gasteiger partial charge in [0.25, 0.3) is 0 Å². The third kappa shape index (κ3) is 4.34. The molecule has 1 heterocycles. The highest BCUT2D eigenvalue weighted by Crippen LogP contribution is 2.22. The van der Waals surface area contributed by atoms with Crippen LogP contribution < -0.4 is 5.32 Å². The molecule has 0 saturated carbocycles. The van der Waals surface area contributed by atoms with Crippen LogP contribution in [0.3, 0.4) is 0 Å². The van der Waals surface area contributed by atoms with Gasteiger partial charge in [0.15, 0.2) is 0 Å². The zero-order valence-electron chi connectivity index (χ0n) is 8.55. The molecular weight excluding hydrogens is 278 g/mol. The van der Waals surface area contributed by atoms with Gasteiger partial charge in [-0.1, -0.05) is 6.92 Å². The summed E-state index contributed by atoms with van der Waals surface area (Å²) in [5, 5.41) is 5.64. The van der Waals surface area contributed by atoms with E-state index in [0.717, 1.165) is 6.54 Å². The van der Waals surface area contributed by atoms with Gasteiger partial charge in [0.1, 0.15) is 0 Å². The van der Waals surface area contributed by atoms with Gasteiger partial charge in [-0.2, -0.15) is 11.8 Å². The number of halogens is 1. The second kappa shape index (κ2) is 6.88. The summed E-state index contributed by atoms with van der Waals surface area (Å²) < 4.78 is 1.23. The van der Waals surface area contributed by atoms with Crippen molar-refractivity contribution in [3.05, 3.63) is 20.8 Å². The summed E-state index contributed by atoms with van der Waals surface area (Å²) in [5.41, 5.74) is 0. The van der Waals surface area contributed by atoms with Gasteiger partial charge in [-0.05, 0) is 40.1 Å². The largest absolute Gasteiger partial charge is 0.309 e. The molecule has 1 rings (SSSR count). The van der Waals surface area contributed by atoms with E-state index in [1.807, 2.05) is 11.8 Å². The molecule has 80 valence electrons. The molecule has 14 heavy (non-hydrogen) atoms. The summed E-state index contributed by atoms with van der Waals surface area (Å²) >= 11 is 7.32. The molecule has 1 aromatic heterocycles. The zero-order chi connectivity index (χ0) is 10.4. The van der Waals surface area contributed by atoms with Crippen molar-refractivity contribution < 1.29 is 0 Å². The van der Waals surface area contributed by atoms with Crippen molar-refractivity contribution in [2.75, 3.05) is 11.5 Å². The molecule has 0 spiro atoms. The predicted molar refractivity (Wildman–Crippen MR) is 71.3 cm³/mol. The van der Waals surface area contributed by atoms with Gasteiger partial charge in [0.05, 0.1) is 0 Å². The molecule has 1 atom stereocenters. The molecule has 1 N–H and O–H groups in total. The van der Waals surface area contributed by atoms with Crippen molar-refractivity contribution in [2.24, 2.45) is 0 Å². The number of hydrogen-bond acceptors (Lipinski definition) is 3. The minimum absolute atomic E-state index is 0.592. The fourth-order valence-corrected chi connectivity index (χ4v) is 3.22. The maximum Gasteiger partial charge on any atom is 0.0327 e. The summed E-state index contributed by atoms with van der Waals surface area (Å²) in [7, 11) is 0. The highest BCUT2D eigenvalue weighted by molar-refractivity contribution is 9.10. The Morgan fingerprint density at radius 2 is 2.43 bits per heavy atom. The van der Waals surface area contributed by atoms with E-state index in [4.69, 9.17) is 0 Å². The summed E-state index contributed by atoms with van der Waals surface area (Å²) in [6, 6.07) is 2.70. The highest BCUT2D eigenvalue weighted by Gasteiger charge is 2.04. The lowest BCUT2D eigenvalue weighted by molar-refractivity contribution is 0.599. The van der Waals surface area contributed by atoms with Crippen molar-refractivity contribution in [1.82, 2.24) is 5.32 Å². The van der Waals surface area contributed by atoms with E-state index >= 15 is 0 Å². The lowest BCUT2D eigenvalue weighted by atomic mass is 10.3. The van der Waals surface area contributed by atoms with Gasteiger partial charge in [0, 0.05) is 27.7 Å². The van der Waals surface area contributed by atoms with Crippen LogP contribution in [0.2, 0.25) is 0 Å². The number of thioether (sulfide) groups is 1. The first kappa shape index (κ1) is 12.6. The Morgan fingerprint density at radius 1 is 1.64 bits per heavy atom. The van der Waals surface area contributed by atoms with E-state index < -0.39 is 0 Å². The normalized spacial score (nSPS) is 13.1. The minimum atomic E-state index is 0.592. The van der Waals surface area contributed by atoms with Crippen LogP contribution in [0.1, 0.15) is 18.7 Å². The molecule has 1 aromatic rings. The summed E-state index contributed by atoms with van der Waals surface area (Å²) in [4.78, 5) is 1.39. The molecular formula is C10H16BrNS2. The van der Waals surface area contributed by atoms with Crippen LogP contribution in [-0.2, 0) is 6.54 Å². The Bertz CT molecular complexity index is 262. The van der Waals surface area contributed by atoms with Crippen LogP contribution in [0.25, 0.3) is 0 Å². The highest BCUT2D eigenvalue weighted by atomic mass is 79.9. The third-order valence-corrected chi connectivity index (χ3v) is 4.94. The fraction of sp³-hybridized carbons (Fsp3) is 0.600. The molecule has 0 aliphatic heterocycles. The lowest BCUT2D eigenvalue weighted by Crippen LogP contribution is -2.27. The first-order valence-electron chi connectivity index (χ1n) is 4.77. The van der Waals surface area contributed by atoms with Crippen LogP contribution in [-0.4, -0.2) is 17.5 Å². The van der Waals surface area contributed by atoms with E-state index in [-0.39, 0.29) is 0 Å². The number of rotatable bonds is 6. The standard InChI is InChI=1S/C10H16BrNS2/c1-3-13-7-8(2)12-6-10-9(11)4-5-14-10/h4-5,8,12H,3,6-7H2,1-2H3. The van der Waals surface area contributed by atoms with Gasteiger partial charge in [0.2, 0.25) is 0 Å². The monoisotopic (exact) mass is 293 g/mol. The summed E-state index contributed by atoms with van der Waals surface area (Å²) in [6.07, 6.45) is 0. The number of hydrogen-bond donors (Lipinski definition) is 1. The SMILES string of the molecule is CCSCC(C)NCc1sccc1Br. The van der Waals surface area contributed by atoms with Crippen molar-refractivity contribution in [3.63, 3.8) is 0 Å². The smallest absolute Gasteiger partial charge is 0.0327 e. The molecule has 0 amide bonds. The zero-order valence-corrected chi connectivity index (χ0v) is 11.8. The first-order chi connectivity index (χ1) is 6.74. The first-order valence-corrected chi connectivity index (χ1v) is 7.59. The molecule has 0 aliphatic rings. The van der Waals surface area contributed by atoms with Gasteiger partial charge >= 0.3 is 0 Å². The minimum Gasteiger partial charge on any atom is -0.309 e. The quantitative estimate of drug-likeness (QED) is 0.857. The molecule has 0 fully saturated rings. The van der Waals surface area contributed by atoms with Crippen LogP contribution in [0.15, 0.2) is 15.9 Å². The lowest BCUT2D eigenvalue weighted by Gasteiger charge is -2.12. The summed E-state index contributed by atoms with van der Waals surface area (Å²) in [5.74, 6) is 2.40. The van der Waals surface area contributed by atoms with Crippen LogP contribution in [0.4, 0.5) is 0 Å². The van der Waals surface area contributed by atoms with Crippen molar-refractivity contribution in [1.29, 1.82) is 0 Å². The van der Waals surface area contributed by atoms with Gasteiger partial charge in [-0.15, -0.1) is 11.3 Å². The van der Waals surface area contributed by atoms with E-state index in [2.05, 4.69) is 46.5 Å². The average Bonchev–Trinajstić information content (AvgIpc) is 2.58. The third-order valence-electron chi connectivity index (χ3n) is 1.87. The topological polar surface area (TPSA) is 12.0 Å². The molecule has 0 aliphatic carbocycles. The van der Waals surface area contributed by atoms with E-state index in [1.54, 1.807) is 11.3 Å². The molecule has 1 unspecified atom stereocenters. The number of nitrogens with one attached hydrogen (secondary N) is 1. The Morgan fingerprint density at radius 3 is 3.00 bits per heavy atom. The van der Waals surface area contributed by atoms with E-state index in [0.29, 0.717) is 6.04 Å². The van der Waals surface area contributed by atoms with E-state index in [1.165, 1.54) is 20.9 Å². The van der Waals surface area contributed by atoms with E-state index in [9.17, 15) is 0 Å². The Balaban J connectivity index is 2.23.